The maximum atomic E-state index is 13.1. The second-order valence-electron chi connectivity index (χ2n) is 5.31. The largest absolute Gasteiger partial charge is 0.388 e. The molecule has 1 aliphatic heterocycles. The van der Waals surface area contributed by atoms with Gasteiger partial charge in [0.25, 0.3) is 0 Å². The molecule has 1 aliphatic rings. The van der Waals surface area contributed by atoms with E-state index in [1.54, 1.807) is 11.0 Å². The molecule has 1 heterocycles. The quantitative estimate of drug-likeness (QED) is 0.920. The highest BCUT2D eigenvalue weighted by atomic mass is 19.1. The number of aliphatic hydroxyl groups is 1. The number of hydrogen-bond donors (Lipinski definition) is 1. The summed E-state index contributed by atoms with van der Waals surface area (Å²) in [7, 11) is 0. The number of benzene rings is 1. The van der Waals surface area contributed by atoms with E-state index in [-0.39, 0.29) is 24.5 Å². The van der Waals surface area contributed by atoms with Crippen LogP contribution >= 0.6 is 0 Å². The summed E-state index contributed by atoms with van der Waals surface area (Å²) in [6.45, 7) is 4.85. The Labute approximate surface area is 118 Å². The van der Waals surface area contributed by atoms with Gasteiger partial charge in [-0.2, -0.15) is 0 Å². The third-order valence-electron chi connectivity index (χ3n) is 3.53. The first-order valence-corrected chi connectivity index (χ1v) is 6.82. The lowest BCUT2D eigenvalue weighted by molar-refractivity contribution is -0.145. The molecule has 110 valence electrons. The van der Waals surface area contributed by atoms with Crippen molar-refractivity contribution >= 4 is 5.91 Å². The van der Waals surface area contributed by atoms with E-state index in [1.807, 2.05) is 13.8 Å². The Bertz CT molecular complexity index is 480. The first kappa shape index (κ1) is 14.9. The van der Waals surface area contributed by atoms with E-state index in [2.05, 4.69) is 0 Å². The number of carbonyl (C=O) groups is 1. The van der Waals surface area contributed by atoms with Gasteiger partial charge in [0.2, 0.25) is 5.91 Å². The van der Waals surface area contributed by atoms with Crippen molar-refractivity contribution in [2.75, 3.05) is 13.2 Å². The summed E-state index contributed by atoms with van der Waals surface area (Å²) in [4.78, 5) is 14.0. The van der Waals surface area contributed by atoms with Crippen molar-refractivity contribution in [1.82, 2.24) is 4.90 Å². The van der Waals surface area contributed by atoms with Crippen molar-refractivity contribution in [3.63, 3.8) is 0 Å². The van der Waals surface area contributed by atoms with Crippen molar-refractivity contribution in [2.45, 2.75) is 38.5 Å². The van der Waals surface area contributed by atoms with Gasteiger partial charge in [-0.1, -0.05) is 12.1 Å². The third kappa shape index (κ3) is 3.55. The molecule has 1 aromatic carbocycles. The van der Waals surface area contributed by atoms with Crippen molar-refractivity contribution in [1.29, 1.82) is 0 Å². The number of ether oxygens (including phenoxy) is 1. The second kappa shape index (κ2) is 6.33. The zero-order valence-electron chi connectivity index (χ0n) is 11.8. The average molecular weight is 281 g/mol. The molecule has 0 aromatic heterocycles. The minimum atomic E-state index is -0.983. The maximum absolute atomic E-state index is 13.1. The number of amides is 1. The summed E-state index contributed by atoms with van der Waals surface area (Å²) < 4.78 is 18.6. The SMILES string of the molecule is CC1CN(C(=O)CC(O)c2cccc(F)c2)C(C)CO1. The molecule has 1 amide bonds. The lowest BCUT2D eigenvalue weighted by Crippen LogP contribution is -2.50. The highest BCUT2D eigenvalue weighted by molar-refractivity contribution is 5.77. The van der Waals surface area contributed by atoms with Gasteiger partial charge in [-0.05, 0) is 31.5 Å². The van der Waals surface area contributed by atoms with Crippen LogP contribution in [0.5, 0.6) is 0 Å². The highest BCUT2D eigenvalue weighted by Gasteiger charge is 2.28. The molecule has 0 bridgehead atoms. The number of halogens is 1. The Morgan fingerprint density at radius 3 is 3.00 bits per heavy atom. The predicted molar refractivity (Wildman–Crippen MR) is 72.6 cm³/mol. The van der Waals surface area contributed by atoms with Crippen LogP contribution < -0.4 is 0 Å². The molecular weight excluding hydrogens is 261 g/mol. The van der Waals surface area contributed by atoms with Crippen LogP contribution in [-0.4, -0.2) is 41.2 Å². The molecule has 1 N–H and O–H groups in total. The van der Waals surface area contributed by atoms with Crippen LogP contribution in [0.2, 0.25) is 0 Å². The summed E-state index contributed by atoms with van der Waals surface area (Å²) in [6.07, 6.45) is -1.02. The number of nitrogens with zero attached hydrogens (tertiary/aromatic N) is 1. The Morgan fingerprint density at radius 1 is 1.55 bits per heavy atom. The third-order valence-corrected chi connectivity index (χ3v) is 3.53. The second-order valence-corrected chi connectivity index (χ2v) is 5.31. The Hall–Kier alpha value is -1.46. The fraction of sp³-hybridized carbons (Fsp3) is 0.533. The first-order valence-electron chi connectivity index (χ1n) is 6.82. The van der Waals surface area contributed by atoms with E-state index >= 15 is 0 Å². The van der Waals surface area contributed by atoms with Crippen LogP contribution in [0.1, 0.15) is 31.9 Å². The zero-order valence-corrected chi connectivity index (χ0v) is 11.8. The van der Waals surface area contributed by atoms with Crippen molar-refractivity contribution < 1.29 is 19.0 Å². The standard InChI is InChI=1S/C15H20FNO3/c1-10-9-20-11(2)8-17(10)15(19)7-14(18)12-4-3-5-13(16)6-12/h3-6,10-11,14,18H,7-9H2,1-2H3. The van der Waals surface area contributed by atoms with Crippen molar-refractivity contribution in [2.24, 2.45) is 0 Å². The molecule has 0 spiro atoms. The molecule has 0 aliphatic carbocycles. The summed E-state index contributed by atoms with van der Waals surface area (Å²) in [6, 6.07) is 5.70. The van der Waals surface area contributed by atoms with Crippen LogP contribution in [0.4, 0.5) is 4.39 Å². The fourth-order valence-corrected chi connectivity index (χ4v) is 2.37. The van der Waals surface area contributed by atoms with Gasteiger partial charge in [0, 0.05) is 6.54 Å². The minimum absolute atomic E-state index is 0.00135. The molecule has 5 heteroatoms. The highest BCUT2D eigenvalue weighted by Crippen LogP contribution is 2.21. The molecule has 1 fully saturated rings. The summed E-state index contributed by atoms with van der Waals surface area (Å²) in [5.41, 5.74) is 0.423. The van der Waals surface area contributed by atoms with Gasteiger partial charge in [-0.15, -0.1) is 0 Å². The molecule has 1 saturated heterocycles. The number of hydrogen-bond acceptors (Lipinski definition) is 3. The van der Waals surface area contributed by atoms with Gasteiger partial charge in [-0.3, -0.25) is 4.79 Å². The molecule has 1 aromatic rings. The summed E-state index contributed by atoms with van der Waals surface area (Å²) >= 11 is 0. The van der Waals surface area contributed by atoms with Crippen LogP contribution in [0.3, 0.4) is 0 Å². The number of morpholine rings is 1. The zero-order chi connectivity index (χ0) is 14.7. The van der Waals surface area contributed by atoms with Crippen molar-refractivity contribution in [3.05, 3.63) is 35.6 Å². The lowest BCUT2D eigenvalue weighted by atomic mass is 10.0. The lowest BCUT2D eigenvalue weighted by Gasteiger charge is -2.37. The average Bonchev–Trinajstić information content (AvgIpc) is 2.41. The minimum Gasteiger partial charge on any atom is -0.388 e. The van der Waals surface area contributed by atoms with Crippen LogP contribution in [0.25, 0.3) is 0 Å². The summed E-state index contributed by atoms with van der Waals surface area (Å²) in [5, 5.41) is 10.1. The monoisotopic (exact) mass is 281 g/mol. The van der Waals surface area contributed by atoms with Gasteiger partial charge in [0.05, 0.1) is 31.3 Å². The molecule has 4 nitrogen and oxygen atoms in total. The van der Waals surface area contributed by atoms with E-state index in [0.717, 1.165) is 0 Å². The van der Waals surface area contributed by atoms with Gasteiger partial charge in [0.1, 0.15) is 5.82 Å². The van der Waals surface area contributed by atoms with E-state index in [9.17, 15) is 14.3 Å². The summed E-state index contributed by atoms with van der Waals surface area (Å²) in [5.74, 6) is -0.549. The van der Waals surface area contributed by atoms with Crippen LogP contribution in [0.15, 0.2) is 24.3 Å². The molecule has 2 rings (SSSR count). The van der Waals surface area contributed by atoms with E-state index in [1.165, 1.54) is 18.2 Å². The first-order chi connectivity index (χ1) is 9.47. The fourth-order valence-electron chi connectivity index (χ4n) is 2.37. The van der Waals surface area contributed by atoms with E-state index in [0.29, 0.717) is 18.7 Å². The van der Waals surface area contributed by atoms with Gasteiger partial charge < -0.3 is 14.7 Å². The number of carbonyl (C=O) groups excluding carboxylic acids is 1. The molecule has 3 atom stereocenters. The van der Waals surface area contributed by atoms with Gasteiger partial charge in [-0.25, -0.2) is 4.39 Å². The number of rotatable bonds is 3. The van der Waals surface area contributed by atoms with Crippen molar-refractivity contribution in [3.8, 4) is 0 Å². The van der Waals surface area contributed by atoms with Crippen LogP contribution in [0, 0.1) is 5.82 Å². The smallest absolute Gasteiger partial charge is 0.225 e. The topological polar surface area (TPSA) is 49.8 Å². The normalized spacial score (nSPS) is 24.5. The Morgan fingerprint density at radius 2 is 2.30 bits per heavy atom. The van der Waals surface area contributed by atoms with Gasteiger partial charge in [0.15, 0.2) is 0 Å². The molecule has 3 unspecified atom stereocenters. The van der Waals surface area contributed by atoms with E-state index in [4.69, 9.17) is 4.74 Å². The Balaban J connectivity index is 2.00. The Kier molecular flexibility index (Phi) is 4.73. The maximum Gasteiger partial charge on any atom is 0.225 e. The molecule has 20 heavy (non-hydrogen) atoms. The molecule has 0 radical (unpaired) electrons. The van der Waals surface area contributed by atoms with Gasteiger partial charge >= 0.3 is 0 Å². The molecular formula is C15H20FNO3. The predicted octanol–water partition coefficient (Wildman–Crippen LogP) is 1.89. The molecule has 0 saturated carbocycles. The number of aliphatic hydroxyl groups excluding tert-OH is 1. The van der Waals surface area contributed by atoms with Crippen LogP contribution in [-0.2, 0) is 9.53 Å². The van der Waals surface area contributed by atoms with E-state index < -0.39 is 11.9 Å².